The Balaban J connectivity index is 1.26. The van der Waals surface area contributed by atoms with Gasteiger partial charge in [0.15, 0.2) is 0 Å². The van der Waals surface area contributed by atoms with Crippen molar-refractivity contribution in [3.05, 3.63) is 78.6 Å². The number of carbonyl (C=O) groups is 1. The molecule has 0 aliphatic carbocycles. The number of nitrogen functional groups attached to an aromatic ring is 1. The van der Waals surface area contributed by atoms with Crippen molar-refractivity contribution in [3.63, 3.8) is 0 Å². The second-order valence-corrected chi connectivity index (χ2v) is 8.26. The van der Waals surface area contributed by atoms with Gasteiger partial charge in [0.2, 0.25) is 5.95 Å². The molecule has 2 aromatic carbocycles. The maximum Gasteiger partial charge on any atom is 0.272 e. The largest absolute Gasteiger partial charge is 0.497 e. The molecular weight excluding hydrogens is 472 g/mol. The summed E-state index contributed by atoms with van der Waals surface area (Å²) in [7, 11) is 1.62. The van der Waals surface area contributed by atoms with Gasteiger partial charge in [-0.05, 0) is 54.6 Å². The summed E-state index contributed by atoms with van der Waals surface area (Å²) in [4.78, 5) is 27.3. The Labute approximate surface area is 214 Å². The van der Waals surface area contributed by atoms with E-state index in [0.717, 1.165) is 17.0 Å². The third-order valence-electron chi connectivity index (χ3n) is 5.74. The highest BCUT2D eigenvalue weighted by atomic mass is 16.5. The maximum absolute atomic E-state index is 12.7. The summed E-state index contributed by atoms with van der Waals surface area (Å²) in [6.07, 6.45) is 1.57. The van der Waals surface area contributed by atoms with E-state index in [4.69, 9.17) is 19.9 Å². The SMILES string of the molecule is COc1ccc(-c2cc(Nc3ccc(Oc4ccnc(C(=O)N5CCOCC5)c4)cc3)nc(N)n2)cc1. The average Bonchev–Trinajstić information content (AvgIpc) is 2.94. The molecule has 0 saturated carbocycles. The number of rotatable bonds is 7. The highest BCUT2D eigenvalue weighted by Gasteiger charge is 2.20. The van der Waals surface area contributed by atoms with Gasteiger partial charge in [-0.25, -0.2) is 4.98 Å². The fraction of sp³-hybridized carbons (Fsp3) is 0.185. The van der Waals surface area contributed by atoms with E-state index in [0.29, 0.717) is 55.0 Å². The first kappa shape index (κ1) is 24.0. The van der Waals surface area contributed by atoms with Gasteiger partial charge in [-0.2, -0.15) is 4.98 Å². The van der Waals surface area contributed by atoms with Crippen LogP contribution >= 0.6 is 0 Å². The molecule has 188 valence electrons. The van der Waals surface area contributed by atoms with Crippen LogP contribution in [0.1, 0.15) is 10.5 Å². The van der Waals surface area contributed by atoms with Crippen LogP contribution in [0, 0.1) is 0 Å². The number of ether oxygens (including phenoxy) is 3. The summed E-state index contributed by atoms with van der Waals surface area (Å²) >= 11 is 0. The number of methoxy groups -OCH3 is 1. The molecule has 3 heterocycles. The third kappa shape index (κ3) is 5.93. The molecule has 5 rings (SSSR count). The zero-order valence-electron chi connectivity index (χ0n) is 20.3. The molecule has 1 fully saturated rings. The Morgan fingerprint density at radius 1 is 0.946 bits per heavy atom. The summed E-state index contributed by atoms with van der Waals surface area (Å²) in [6, 6.07) is 20.1. The predicted molar refractivity (Wildman–Crippen MR) is 139 cm³/mol. The number of aromatic nitrogens is 3. The normalized spacial score (nSPS) is 13.2. The van der Waals surface area contributed by atoms with Crippen LogP contribution in [0.5, 0.6) is 17.2 Å². The Morgan fingerprint density at radius 3 is 2.41 bits per heavy atom. The quantitative estimate of drug-likeness (QED) is 0.387. The number of hydrogen-bond acceptors (Lipinski definition) is 9. The molecule has 1 aliphatic heterocycles. The lowest BCUT2D eigenvalue weighted by atomic mass is 10.1. The van der Waals surface area contributed by atoms with Crippen LogP contribution in [0.4, 0.5) is 17.5 Å². The van der Waals surface area contributed by atoms with Gasteiger partial charge in [0, 0.05) is 42.7 Å². The molecule has 0 spiro atoms. The average molecular weight is 499 g/mol. The van der Waals surface area contributed by atoms with Crippen LogP contribution in [0.2, 0.25) is 0 Å². The highest BCUT2D eigenvalue weighted by molar-refractivity contribution is 5.92. The molecule has 2 aromatic heterocycles. The number of morpholine rings is 1. The lowest BCUT2D eigenvalue weighted by Crippen LogP contribution is -2.41. The molecular formula is C27H26N6O4. The Kier molecular flexibility index (Phi) is 7.09. The van der Waals surface area contributed by atoms with Crippen molar-refractivity contribution in [3.8, 4) is 28.5 Å². The standard InChI is InChI=1S/C27H26N6O4/c1-35-20-6-2-18(3-7-20)23-17-25(32-27(28)31-23)30-19-4-8-21(9-5-19)37-22-10-11-29-24(16-22)26(34)33-12-14-36-15-13-33/h2-11,16-17H,12-15H2,1H3,(H3,28,30,31,32). The summed E-state index contributed by atoms with van der Waals surface area (Å²) in [5.41, 5.74) is 8.67. The van der Waals surface area contributed by atoms with Crippen molar-refractivity contribution in [2.75, 3.05) is 44.5 Å². The molecule has 1 amide bonds. The molecule has 0 radical (unpaired) electrons. The number of nitrogens with two attached hydrogens (primary N) is 1. The lowest BCUT2D eigenvalue weighted by Gasteiger charge is -2.26. The Morgan fingerprint density at radius 2 is 1.68 bits per heavy atom. The minimum atomic E-state index is -0.133. The van der Waals surface area contributed by atoms with E-state index < -0.39 is 0 Å². The van der Waals surface area contributed by atoms with E-state index in [9.17, 15) is 4.79 Å². The van der Waals surface area contributed by atoms with Crippen molar-refractivity contribution >= 4 is 23.4 Å². The molecule has 1 saturated heterocycles. The molecule has 1 aliphatic rings. The van der Waals surface area contributed by atoms with Crippen LogP contribution < -0.4 is 20.5 Å². The number of amides is 1. The van der Waals surface area contributed by atoms with E-state index >= 15 is 0 Å². The number of anilines is 3. The molecule has 0 bridgehead atoms. The van der Waals surface area contributed by atoms with E-state index in [2.05, 4.69) is 20.3 Å². The van der Waals surface area contributed by atoms with Gasteiger partial charge in [0.1, 0.15) is 28.8 Å². The predicted octanol–water partition coefficient (Wildman–Crippen LogP) is 4.14. The van der Waals surface area contributed by atoms with Crippen molar-refractivity contribution in [2.24, 2.45) is 0 Å². The van der Waals surface area contributed by atoms with Gasteiger partial charge in [0.05, 0.1) is 26.0 Å². The van der Waals surface area contributed by atoms with Crippen LogP contribution in [0.25, 0.3) is 11.3 Å². The molecule has 4 aromatic rings. The molecule has 37 heavy (non-hydrogen) atoms. The summed E-state index contributed by atoms with van der Waals surface area (Å²) < 4.78 is 16.5. The van der Waals surface area contributed by atoms with Gasteiger partial charge in [0.25, 0.3) is 5.91 Å². The van der Waals surface area contributed by atoms with E-state index in [-0.39, 0.29) is 11.9 Å². The first-order valence-electron chi connectivity index (χ1n) is 11.7. The number of carbonyl (C=O) groups excluding carboxylic acids is 1. The van der Waals surface area contributed by atoms with Crippen LogP contribution in [0.3, 0.4) is 0 Å². The van der Waals surface area contributed by atoms with Crippen molar-refractivity contribution in [2.45, 2.75) is 0 Å². The van der Waals surface area contributed by atoms with Crippen molar-refractivity contribution in [1.82, 2.24) is 19.9 Å². The maximum atomic E-state index is 12.7. The fourth-order valence-electron chi connectivity index (χ4n) is 3.85. The smallest absolute Gasteiger partial charge is 0.272 e. The van der Waals surface area contributed by atoms with E-state index in [1.54, 1.807) is 30.3 Å². The summed E-state index contributed by atoms with van der Waals surface area (Å²) in [5, 5.41) is 3.25. The Hall–Kier alpha value is -4.70. The Bertz CT molecular complexity index is 1370. The van der Waals surface area contributed by atoms with Crippen LogP contribution in [-0.2, 0) is 4.74 Å². The summed E-state index contributed by atoms with van der Waals surface area (Å²) in [5.74, 6) is 2.50. The minimum Gasteiger partial charge on any atom is -0.497 e. The second-order valence-electron chi connectivity index (χ2n) is 8.26. The fourth-order valence-corrected chi connectivity index (χ4v) is 3.85. The zero-order valence-corrected chi connectivity index (χ0v) is 20.3. The zero-order chi connectivity index (χ0) is 25.6. The number of hydrogen-bond donors (Lipinski definition) is 2. The number of nitrogens with zero attached hydrogens (tertiary/aromatic N) is 4. The molecule has 10 nitrogen and oxygen atoms in total. The number of pyridine rings is 1. The summed E-state index contributed by atoms with van der Waals surface area (Å²) in [6.45, 7) is 2.18. The molecule has 0 unspecified atom stereocenters. The topological polar surface area (TPSA) is 125 Å². The first-order chi connectivity index (χ1) is 18.1. The molecule has 10 heteroatoms. The lowest BCUT2D eigenvalue weighted by molar-refractivity contribution is 0.0299. The first-order valence-corrected chi connectivity index (χ1v) is 11.7. The van der Waals surface area contributed by atoms with Gasteiger partial charge >= 0.3 is 0 Å². The van der Waals surface area contributed by atoms with Gasteiger partial charge < -0.3 is 30.2 Å². The van der Waals surface area contributed by atoms with Gasteiger partial charge in [-0.3, -0.25) is 9.78 Å². The van der Waals surface area contributed by atoms with Gasteiger partial charge in [-0.15, -0.1) is 0 Å². The third-order valence-corrected chi connectivity index (χ3v) is 5.74. The number of benzene rings is 2. The monoisotopic (exact) mass is 498 g/mol. The van der Waals surface area contributed by atoms with Gasteiger partial charge in [-0.1, -0.05) is 0 Å². The second kappa shape index (κ2) is 10.9. The van der Waals surface area contributed by atoms with E-state index in [1.807, 2.05) is 54.6 Å². The molecule has 3 N–H and O–H groups in total. The van der Waals surface area contributed by atoms with Crippen LogP contribution in [-0.4, -0.2) is 59.2 Å². The van der Waals surface area contributed by atoms with Crippen molar-refractivity contribution in [1.29, 1.82) is 0 Å². The van der Waals surface area contributed by atoms with Crippen molar-refractivity contribution < 1.29 is 19.0 Å². The molecule has 0 atom stereocenters. The highest BCUT2D eigenvalue weighted by Crippen LogP contribution is 2.27. The van der Waals surface area contributed by atoms with Crippen LogP contribution in [0.15, 0.2) is 72.9 Å². The van der Waals surface area contributed by atoms with E-state index in [1.165, 1.54) is 0 Å². The minimum absolute atomic E-state index is 0.133. The number of nitrogens with one attached hydrogen (secondary N) is 1.